The molecule has 0 aliphatic carbocycles. The van der Waals surface area contributed by atoms with Gasteiger partial charge in [-0.15, -0.1) is 0 Å². The van der Waals surface area contributed by atoms with Crippen LogP contribution in [0, 0.1) is 5.92 Å². The average molecular weight is 229 g/mol. The lowest BCUT2D eigenvalue weighted by molar-refractivity contribution is 0.415. The number of nitrogens with one attached hydrogen (secondary N) is 1. The van der Waals surface area contributed by atoms with E-state index in [1.807, 2.05) is 0 Å². The maximum Gasteiger partial charge on any atom is 0.0171 e. The zero-order valence-corrected chi connectivity index (χ0v) is 11.6. The molecular weight excluding hydrogens is 202 g/mol. The predicted molar refractivity (Wildman–Crippen MR) is 71.6 cm³/mol. The van der Waals surface area contributed by atoms with E-state index in [2.05, 4.69) is 44.8 Å². The van der Waals surface area contributed by atoms with Gasteiger partial charge in [-0.05, 0) is 25.7 Å². The molecule has 1 heterocycles. The highest BCUT2D eigenvalue weighted by Crippen LogP contribution is 2.26. The molecule has 0 aromatic carbocycles. The predicted octanol–water partition coefficient (Wildman–Crippen LogP) is 3.68. The van der Waals surface area contributed by atoms with E-state index in [9.17, 15) is 0 Å². The van der Waals surface area contributed by atoms with E-state index in [1.54, 1.807) is 0 Å². The van der Waals surface area contributed by atoms with Crippen LogP contribution < -0.4 is 5.32 Å². The van der Waals surface area contributed by atoms with E-state index in [0.29, 0.717) is 6.04 Å². The van der Waals surface area contributed by atoms with Crippen molar-refractivity contribution in [2.45, 2.75) is 70.7 Å². The van der Waals surface area contributed by atoms with Gasteiger partial charge in [0.15, 0.2) is 0 Å². The van der Waals surface area contributed by atoms with Crippen LogP contribution in [0.5, 0.6) is 0 Å². The summed E-state index contributed by atoms with van der Waals surface area (Å²) in [5, 5.41) is 4.63. The minimum absolute atomic E-state index is 0.708. The molecule has 1 N–H and O–H groups in total. The number of thioether (sulfide) groups is 1. The first-order chi connectivity index (χ1) is 7.08. The maximum absolute atomic E-state index is 3.76. The second-order valence-corrected chi connectivity index (χ2v) is 6.94. The molecule has 3 unspecified atom stereocenters. The fourth-order valence-electron chi connectivity index (χ4n) is 2.25. The molecule has 0 spiro atoms. The van der Waals surface area contributed by atoms with Crippen LogP contribution in [0.15, 0.2) is 0 Å². The Morgan fingerprint density at radius 2 is 2.00 bits per heavy atom. The van der Waals surface area contributed by atoms with Crippen LogP contribution in [0.1, 0.15) is 53.4 Å². The number of hydrogen-bond donors (Lipinski definition) is 1. The molecule has 0 radical (unpaired) electrons. The Balaban J connectivity index is 2.05. The summed E-state index contributed by atoms with van der Waals surface area (Å²) in [6, 6.07) is 1.48. The Morgan fingerprint density at radius 3 is 2.53 bits per heavy atom. The summed E-state index contributed by atoms with van der Waals surface area (Å²) in [6.07, 6.45) is 5.45. The minimum Gasteiger partial charge on any atom is -0.311 e. The quantitative estimate of drug-likeness (QED) is 0.745. The summed E-state index contributed by atoms with van der Waals surface area (Å²) in [5.41, 5.74) is 0. The largest absolute Gasteiger partial charge is 0.311 e. The number of rotatable bonds is 6. The van der Waals surface area contributed by atoms with Crippen LogP contribution in [0.4, 0.5) is 0 Å². The molecule has 3 atom stereocenters. The van der Waals surface area contributed by atoms with Crippen molar-refractivity contribution in [2.75, 3.05) is 5.75 Å². The fourth-order valence-corrected chi connectivity index (χ4v) is 3.41. The van der Waals surface area contributed by atoms with Gasteiger partial charge in [0.05, 0.1) is 0 Å². The molecular formula is C13H27NS. The van der Waals surface area contributed by atoms with Gasteiger partial charge in [-0.2, -0.15) is 11.8 Å². The molecule has 0 bridgehead atoms. The lowest BCUT2D eigenvalue weighted by atomic mass is 10.0. The van der Waals surface area contributed by atoms with Crippen LogP contribution in [-0.4, -0.2) is 23.1 Å². The van der Waals surface area contributed by atoms with Gasteiger partial charge in [0.2, 0.25) is 0 Å². The summed E-state index contributed by atoms with van der Waals surface area (Å²) in [7, 11) is 0. The highest BCUT2D eigenvalue weighted by Gasteiger charge is 2.22. The fraction of sp³-hybridized carbons (Fsp3) is 1.00. The van der Waals surface area contributed by atoms with E-state index in [-0.39, 0.29) is 0 Å². The second-order valence-electron chi connectivity index (χ2n) is 5.47. The highest BCUT2D eigenvalue weighted by atomic mass is 32.2. The minimum atomic E-state index is 0.708. The normalized spacial score (nSPS) is 28.6. The Morgan fingerprint density at radius 1 is 1.27 bits per heavy atom. The van der Waals surface area contributed by atoms with Gasteiger partial charge in [-0.1, -0.05) is 33.6 Å². The zero-order chi connectivity index (χ0) is 11.3. The second kappa shape index (κ2) is 6.80. The van der Waals surface area contributed by atoms with E-state index in [0.717, 1.165) is 17.2 Å². The molecule has 2 heteroatoms. The highest BCUT2D eigenvalue weighted by molar-refractivity contribution is 8.00. The standard InChI is InChI=1S/C13H27NS/c1-10(2)6-5-7-11(3)14-13-8-12(4)15-9-13/h10-14H,5-9H2,1-4H3. The first-order valence-electron chi connectivity index (χ1n) is 6.45. The van der Waals surface area contributed by atoms with E-state index in [4.69, 9.17) is 0 Å². The summed E-state index contributed by atoms with van der Waals surface area (Å²) in [4.78, 5) is 0. The molecule has 0 amide bonds. The lowest BCUT2D eigenvalue weighted by Gasteiger charge is -2.19. The third kappa shape index (κ3) is 5.82. The Bertz CT molecular complexity index is 170. The van der Waals surface area contributed by atoms with Crippen molar-refractivity contribution in [3.05, 3.63) is 0 Å². The summed E-state index contributed by atoms with van der Waals surface area (Å²) < 4.78 is 0. The van der Waals surface area contributed by atoms with Crippen molar-refractivity contribution in [3.8, 4) is 0 Å². The lowest BCUT2D eigenvalue weighted by Crippen LogP contribution is -2.36. The molecule has 0 aromatic rings. The van der Waals surface area contributed by atoms with E-state index >= 15 is 0 Å². The van der Waals surface area contributed by atoms with Crippen molar-refractivity contribution in [1.29, 1.82) is 0 Å². The monoisotopic (exact) mass is 229 g/mol. The molecule has 1 rings (SSSR count). The zero-order valence-electron chi connectivity index (χ0n) is 10.8. The Hall–Kier alpha value is 0.310. The van der Waals surface area contributed by atoms with Crippen LogP contribution in [0.25, 0.3) is 0 Å². The molecule has 90 valence electrons. The van der Waals surface area contributed by atoms with Crippen molar-refractivity contribution < 1.29 is 0 Å². The molecule has 1 aliphatic rings. The molecule has 1 nitrogen and oxygen atoms in total. The van der Waals surface area contributed by atoms with Crippen LogP contribution in [-0.2, 0) is 0 Å². The molecule has 0 saturated carbocycles. The van der Waals surface area contributed by atoms with Gasteiger partial charge < -0.3 is 5.32 Å². The van der Waals surface area contributed by atoms with Gasteiger partial charge in [-0.25, -0.2) is 0 Å². The van der Waals surface area contributed by atoms with Crippen molar-refractivity contribution in [2.24, 2.45) is 5.92 Å². The van der Waals surface area contributed by atoms with Crippen molar-refractivity contribution in [1.82, 2.24) is 5.32 Å². The molecule has 0 aromatic heterocycles. The van der Waals surface area contributed by atoms with Gasteiger partial charge in [0.25, 0.3) is 0 Å². The third-order valence-corrected chi connectivity index (χ3v) is 4.49. The summed E-state index contributed by atoms with van der Waals surface area (Å²) in [6.45, 7) is 9.31. The van der Waals surface area contributed by atoms with Crippen molar-refractivity contribution >= 4 is 11.8 Å². The number of hydrogen-bond acceptors (Lipinski definition) is 2. The topological polar surface area (TPSA) is 12.0 Å². The third-order valence-electron chi connectivity index (χ3n) is 3.14. The van der Waals surface area contributed by atoms with Gasteiger partial charge in [0, 0.05) is 23.1 Å². The Labute approximate surface area is 99.8 Å². The average Bonchev–Trinajstić information content (AvgIpc) is 2.50. The molecule has 1 saturated heterocycles. The first kappa shape index (κ1) is 13.4. The summed E-state index contributed by atoms with van der Waals surface area (Å²) >= 11 is 2.11. The molecule has 1 aliphatic heterocycles. The van der Waals surface area contributed by atoms with Gasteiger partial charge in [-0.3, -0.25) is 0 Å². The Kier molecular flexibility index (Phi) is 6.06. The van der Waals surface area contributed by atoms with Gasteiger partial charge >= 0.3 is 0 Å². The SMILES string of the molecule is CC(C)CCCC(C)NC1CSC(C)C1. The summed E-state index contributed by atoms with van der Waals surface area (Å²) in [5.74, 6) is 2.18. The van der Waals surface area contributed by atoms with Crippen LogP contribution in [0.2, 0.25) is 0 Å². The van der Waals surface area contributed by atoms with Crippen molar-refractivity contribution in [3.63, 3.8) is 0 Å². The first-order valence-corrected chi connectivity index (χ1v) is 7.50. The van der Waals surface area contributed by atoms with Gasteiger partial charge in [0.1, 0.15) is 0 Å². The molecule has 15 heavy (non-hydrogen) atoms. The van der Waals surface area contributed by atoms with E-state index < -0.39 is 0 Å². The maximum atomic E-state index is 3.76. The van der Waals surface area contributed by atoms with Crippen LogP contribution >= 0.6 is 11.8 Å². The molecule has 1 fully saturated rings. The van der Waals surface area contributed by atoms with Crippen LogP contribution in [0.3, 0.4) is 0 Å². The smallest absolute Gasteiger partial charge is 0.0171 e. The van der Waals surface area contributed by atoms with E-state index in [1.165, 1.54) is 31.4 Å².